The van der Waals surface area contributed by atoms with Crippen molar-refractivity contribution in [2.24, 2.45) is 4.99 Å². The summed E-state index contributed by atoms with van der Waals surface area (Å²) in [4.78, 5) is 14.9. The number of ether oxygens (including phenoxy) is 1. The van der Waals surface area contributed by atoms with E-state index in [2.05, 4.69) is 26.9 Å². The Bertz CT molecular complexity index is 252. The Kier molecular flexibility index (Phi) is 10.00. The standard InChI is InChI=1S/C12H23N3O2/c1-4-9-14-12(13-2)15-10-7-5-6-8-11(16)17-3/h4H,1,5-10H2,2-3H3,(H2,13,14,15). The molecular weight excluding hydrogens is 218 g/mol. The van der Waals surface area contributed by atoms with Gasteiger partial charge in [-0.2, -0.15) is 0 Å². The zero-order valence-corrected chi connectivity index (χ0v) is 10.8. The van der Waals surface area contributed by atoms with E-state index in [1.807, 2.05) is 0 Å². The molecule has 5 heteroatoms. The first-order valence-corrected chi connectivity index (χ1v) is 5.86. The molecular formula is C12H23N3O2. The van der Waals surface area contributed by atoms with Gasteiger partial charge in [-0.1, -0.05) is 12.5 Å². The van der Waals surface area contributed by atoms with Crippen LogP contribution in [0.5, 0.6) is 0 Å². The Hall–Kier alpha value is -1.52. The summed E-state index contributed by atoms with van der Waals surface area (Å²) >= 11 is 0. The van der Waals surface area contributed by atoms with Gasteiger partial charge in [0.2, 0.25) is 0 Å². The van der Waals surface area contributed by atoms with E-state index < -0.39 is 0 Å². The average Bonchev–Trinajstić information content (AvgIpc) is 2.36. The number of carbonyl (C=O) groups is 1. The van der Waals surface area contributed by atoms with Crippen molar-refractivity contribution in [2.45, 2.75) is 25.7 Å². The fraction of sp³-hybridized carbons (Fsp3) is 0.667. The summed E-state index contributed by atoms with van der Waals surface area (Å²) in [7, 11) is 3.15. The van der Waals surface area contributed by atoms with Crippen LogP contribution in [0.25, 0.3) is 0 Å². The number of nitrogens with one attached hydrogen (secondary N) is 2. The molecule has 0 aliphatic rings. The third kappa shape index (κ3) is 9.41. The molecule has 0 aromatic heterocycles. The molecule has 0 saturated heterocycles. The number of nitrogens with zero attached hydrogens (tertiary/aromatic N) is 1. The van der Waals surface area contributed by atoms with Gasteiger partial charge < -0.3 is 15.4 Å². The van der Waals surface area contributed by atoms with Crippen LogP contribution in [0.3, 0.4) is 0 Å². The van der Waals surface area contributed by atoms with Crippen LogP contribution in [0.15, 0.2) is 17.6 Å². The molecule has 17 heavy (non-hydrogen) atoms. The maximum absolute atomic E-state index is 10.8. The normalized spacial score (nSPS) is 10.8. The van der Waals surface area contributed by atoms with Crippen molar-refractivity contribution in [2.75, 3.05) is 27.2 Å². The maximum Gasteiger partial charge on any atom is 0.305 e. The monoisotopic (exact) mass is 241 g/mol. The van der Waals surface area contributed by atoms with Crippen LogP contribution in [0.1, 0.15) is 25.7 Å². The van der Waals surface area contributed by atoms with E-state index in [-0.39, 0.29) is 5.97 Å². The van der Waals surface area contributed by atoms with Gasteiger partial charge in [0, 0.05) is 26.6 Å². The van der Waals surface area contributed by atoms with E-state index in [1.165, 1.54) is 7.11 Å². The second-order valence-corrected chi connectivity index (χ2v) is 3.56. The zero-order valence-electron chi connectivity index (χ0n) is 10.8. The average molecular weight is 241 g/mol. The lowest BCUT2D eigenvalue weighted by Gasteiger charge is -2.09. The van der Waals surface area contributed by atoms with E-state index in [0.717, 1.165) is 31.8 Å². The molecule has 98 valence electrons. The first-order chi connectivity index (χ1) is 8.24. The minimum absolute atomic E-state index is 0.138. The largest absolute Gasteiger partial charge is 0.469 e. The molecule has 0 aromatic rings. The van der Waals surface area contributed by atoms with Crippen molar-refractivity contribution in [3.8, 4) is 0 Å². The number of unbranched alkanes of at least 4 members (excludes halogenated alkanes) is 2. The van der Waals surface area contributed by atoms with Crippen LogP contribution in [-0.2, 0) is 9.53 Å². The molecule has 2 N–H and O–H groups in total. The number of aliphatic imine (C=N–C) groups is 1. The molecule has 0 heterocycles. The fourth-order valence-corrected chi connectivity index (χ4v) is 1.27. The molecule has 0 rings (SSSR count). The minimum atomic E-state index is -0.138. The summed E-state index contributed by atoms with van der Waals surface area (Å²) in [6.07, 6.45) is 5.16. The van der Waals surface area contributed by atoms with Crippen molar-refractivity contribution < 1.29 is 9.53 Å². The number of guanidine groups is 1. The van der Waals surface area contributed by atoms with Crippen LogP contribution in [0.4, 0.5) is 0 Å². The Labute approximate surface area is 103 Å². The lowest BCUT2D eigenvalue weighted by Crippen LogP contribution is -2.37. The topological polar surface area (TPSA) is 62.7 Å². The first-order valence-electron chi connectivity index (χ1n) is 5.86. The third-order valence-electron chi connectivity index (χ3n) is 2.22. The number of esters is 1. The molecule has 0 saturated carbocycles. The molecule has 0 aliphatic heterocycles. The zero-order chi connectivity index (χ0) is 12.9. The molecule has 0 bridgehead atoms. The summed E-state index contributed by atoms with van der Waals surface area (Å²) in [6, 6.07) is 0. The Morgan fingerprint density at radius 3 is 2.71 bits per heavy atom. The van der Waals surface area contributed by atoms with Gasteiger partial charge in [0.15, 0.2) is 5.96 Å². The van der Waals surface area contributed by atoms with E-state index in [0.29, 0.717) is 13.0 Å². The molecule has 0 amide bonds. The summed E-state index contributed by atoms with van der Waals surface area (Å²) in [5, 5.41) is 6.27. The smallest absolute Gasteiger partial charge is 0.305 e. The second-order valence-electron chi connectivity index (χ2n) is 3.56. The third-order valence-corrected chi connectivity index (χ3v) is 2.22. The number of hydrogen-bond donors (Lipinski definition) is 2. The van der Waals surface area contributed by atoms with E-state index in [9.17, 15) is 4.79 Å². The quantitative estimate of drug-likeness (QED) is 0.219. The highest BCUT2D eigenvalue weighted by Gasteiger charge is 1.99. The summed E-state index contributed by atoms with van der Waals surface area (Å²) < 4.78 is 4.56. The van der Waals surface area contributed by atoms with Gasteiger partial charge in [-0.05, 0) is 12.8 Å². The van der Waals surface area contributed by atoms with Crippen molar-refractivity contribution in [3.05, 3.63) is 12.7 Å². The Balaban J connectivity index is 3.43. The fourth-order valence-electron chi connectivity index (χ4n) is 1.27. The Morgan fingerprint density at radius 1 is 1.35 bits per heavy atom. The van der Waals surface area contributed by atoms with Crippen molar-refractivity contribution in [3.63, 3.8) is 0 Å². The Morgan fingerprint density at radius 2 is 2.12 bits per heavy atom. The van der Waals surface area contributed by atoms with Crippen LogP contribution < -0.4 is 10.6 Å². The van der Waals surface area contributed by atoms with Gasteiger partial charge in [0.25, 0.3) is 0 Å². The van der Waals surface area contributed by atoms with E-state index in [1.54, 1.807) is 13.1 Å². The highest BCUT2D eigenvalue weighted by molar-refractivity contribution is 5.79. The van der Waals surface area contributed by atoms with Gasteiger partial charge >= 0.3 is 5.97 Å². The predicted molar refractivity (Wildman–Crippen MR) is 70.0 cm³/mol. The molecule has 0 radical (unpaired) electrons. The molecule has 5 nitrogen and oxygen atoms in total. The maximum atomic E-state index is 10.8. The SMILES string of the molecule is C=CCNC(=NC)NCCCCCC(=O)OC. The second kappa shape index (κ2) is 11.0. The lowest BCUT2D eigenvalue weighted by molar-refractivity contribution is -0.140. The molecule has 0 aliphatic carbocycles. The molecule has 0 atom stereocenters. The summed E-state index contributed by atoms with van der Waals surface area (Å²) in [5.74, 6) is 0.638. The van der Waals surface area contributed by atoms with Crippen molar-refractivity contribution >= 4 is 11.9 Å². The first kappa shape index (κ1) is 15.5. The number of rotatable bonds is 8. The van der Waals surface area contributed by atoms with Crippen LogP contribution >= 0.6 is 0 Å². The predicted octanol–water partition coefficient (Wildman–Crippen LogP) is 1.07. The van der Waals surface area contributed by atoms with Gasteiger partial charge in [-0.3, -0.25) is 9.79 Å². The molecule has 0 fully saturated rings. The van der Waals surface area contributed by atoms with Crippen LogP contribution in [-0.4, -0.2) is 39.2 Å². The summed E-state index contributed by atoms with van der Waals surface area (Å²) in [6.45, 7) is 5.16. The summed E-state index contributed by atoms with van der Waals surface area (Å²) in [5.41, 5.74) is 0. The van der Waals surface area contributed by atoms with Gasteiger partial charge in [0.1, 0.15) is 0 Å². The number of hydrogen-bond acceptors (Lipinski definition) is 3. The van der Waals surface area contributed by atoms with Gasteiger partial charge in [-0.25, -0.2) is 0 Å². The molecule has 0 unspecified atom stereocenters. The number of methoxy groups -OCH3 is 1. The lowest BCUT2D eigenvalue weighted by atomic mass is 10.2. The highest BCUT2D eigenvalue weighted by Crippen LogP contribution is 1.99. The van der Waals surface area contributed by atoms with Crippen molar-refractivity contribution in [1.29, 1.82) is 0 Å². The van der Waals surface area contributed by atoms with Gasteiger partial charge in [0.05, 0.1) is 7.11 Å². The van der Waals surface area contributed by atoms with Crippen molar-refractivity contribution in [1.82, 2.24) is 10.6 Å². The number of carbonyl (C=O) groups excluding carboxylic acids is 1. The molecule has 0 spiro atoms. The minimum Gasteiger partial charge on any atom is -0.469 e. The highest BCUT2D eigenvalue weighted by atomic mass is 16.5. The van der Waals surface area contributed by atoms with Gasteiger partial charge in [-0.15, -0.1) is 6.58 Å². The van der Waals surface area contributed by atoms with Crippen LogP contribution in [0.2, 0.25) is 0 Å². The van der Waals surface area contributed by atoms with E-state index in [4.69, 9.17) is 0 Å². The van der Waals surface area contributed by atoms with Crippen LogP contribution in [0, 0.1) is 0 Å². The van der Waals surface area contributed by atoms with E-state index >= 15 is 0 Å². The molecule has 0 aromatic carbocycles.